The maximum atomic E-state index is 11.4. The second-order valence-electron chi connectivity index (χ2n) is 3.93. The molecule has 0 saturated heterocycles. The van der Waals surface area contributed by atoms with Crippen molar-refractivity contribution < 1.29 is 14.3 Å². The van der Waals surface area contributed by atoms with Crippen LogP contribution in [0.3, 0.4) is 0 Å². The van der Waals surface area contributed by atoms with E-state index in [1.165, 1.54) is 13.3 Å². The molecule has 0 bridgehead atoms. The highest BCUT2D eigenvalue weighted by Gasteiger charge is 2.10. The van der Waals surface area contributed by atoms with Crippen molar-refractivity contribution in [2.45, 2.75) is 6.92 Å². The number of hydrogen-bond acceptors (Lipinski definition) is 5. The van der Waals surface area contributed by atoms with Crippen molar-refractivity contribution in [2.75, 3.05) is 26.1 Å². The van der Waals surface area contributed by atoms with Gasteiger partial charge in [-0.1, -0.05) is 6.92 Å². The number of carbonyl (C=O) groups excluding carboxylic acids is 1. The Kier molecular flexibility index (Phi) is 5.17. The molecule has 5 nitrogen and oxygen atoms in total. The highest BCUT2D eigenvalue weighted by molar-refractivity contribution is 5.91. The van der Waals surface area contributed by atoms with E-state index < -0.39 is 0 Å². The molecule has 1 rings (SSSR count). The van der Waals surface area contributed by atoms with Crippen molar-refractivity contribution in [2.24, 2.45) is 5.92 Å². The van der Waals surface area contributed by atoms with E-state index in [1.807, 2.05) is 6.92 Å². The summed E-state index contributed by atoms with van der Waals surface area (Å²) in [5.74, 6) is 0.372. The van der Waals surface area contributed by atoms with Crippen molar-refractivity contribution in [3.63, 3.8) is 0 Å². The van der Waals surface area contributed by atoms with Gasteiger partial charge < -0.3 is 20.2 Å². The second kappa shape index (κ2) is 6.64. The van der Waals surface area contributed by atoms with E-state index >= 15 is 0 Å². The molecule has 1 unspecified atom stereocenters. The first-order valence-corrected chi connectivity index (χ1v) is 5.63. The summed E-state index contributed by atoms with van der Waals surface area (Å²) >= 11 is 0. The number of nitrogens with one attached hydrogen (secondary N) is 2. The van der Waals surface area contributed by atoms with E-state index in [-0.39, 0.29) is 11.9 Å². The molecule has 2 N–H and O–H groups in total. The Bertz CT molecular complexity index is 432. The van der Waals surface area contributed by atoms with E-state index in [0.717, 1.165) is 0 Å². The zero-order valence-corrected chi connectivity index (χ0v) is 10.8. The number of methoxy groups -OCH3 is 2. The van der Waals surface area contributed by atoms with Crippen molar-refractivity contribution >= 4 is 17.9 Å². The van der Waals surface area contributed by atoms with Gasteiger partial charge in [-0.2, -0.15) is 0 Å². The molecule has 0 aliphatic rings. The quantitative estimate of drug-likeness (QED) is 0.599. The van der Waals surface area contributed by atoms with Gasteiger partial charge in [0.2, 0.25) is 0 Å². The average molecular weight is 250 g/mol. The zero-order chi connectivity index (χ0) is 13.5. The van der Waals surface area contributed by atoms with Crippen LogP contribution in [0.5, 0.6) is 5.75 Å². The Morgan fingerprint density at radius 1 is 1.50 bits per heavy atom. The topological polar surface area (TPSA) is 71.4 Å². The van der Waals surface area contributed by atoms with Crippen LogP contribution in [0.1, 0.15) is 17.3 Å². The first-order valence-electron chi connectivity index (χ1n) is 5.63. The van der Waals surface area contributed by atoms with E-state index in [1.54, 1.807) is 25.3 Å². The number of esters is 1. The van der Waals surface area contributed by atoms with Crippen LogP contribution in [0.4, 0.5) is 5.69 Å². The Morgan fingerprint density at radius 3 is 2.78 bits per heavy atom. The van der Waals surface area contributed by atoms with Gasteiger partial charge in [0.1, 0.15) is 5.75 Å². The molecule has 0 amide bonds. The molecule has 0 aliphatic carbocycles. The Balaban J connectivity index is 2.91. The van der Waals surface area contributed by atoms with Gasteiger partial charge in [0.05, 0.1) is 25.5 Å². The largest absolute Gasteiger partial charge is 0.495 e. The molecule has 0 fully saturated rings. The predicted molar refractivity (Wildman–Crippen MR) is 70.8 cm³/mol. The maximum Gasteiger partial charge on any atom is 0.337 e. The lowest BCUT2D eigenvalue weighted by Gasteiger charge is -2.13. The monoisotopic (exact) mass is 250 g/mol. The summed E-state index contributed by atoms with van der Waals surface area (Å²) in [4.78, 5) is 11.4. The molecular weight excluding hydrogens is 232 g/mol. The van der Waals surface area contributed by atoms with Gasteiger partial charge in [0, 0.05) is 12.5 Å². The second-order valence-corrected chi connectivity index (χ2v) is 3.93. The smallest absolute Gasteiger partial charge is 0.337 e. The minimum Gasteiger partial charge on any atom is -0.495 e. The molecule has 0 saturated carbocycles. The summed E-state index contributed by atoms with van der Waals surface area (Å²) in [6.07, 6.45) is 1.36. The van der Waals surface area contributed by atoms with Gasteiger partial charge in [0.25, 0.3) is 0 Å². The lowest BCUT2D eigenvalue weighted by Crippen LogP contribution is -2.13. The molecule has 0 heterocycles. The van der Waals surface area contributed by atoms with Crippen molar-refractivity contribution in [3.05, 3.63) is 23.8 Å². The van der Waals surface area contributed by atoms with Crippen LogP contribution in [0, 0.1) is 11.3 Å². The fourth-order valence-corrected chi connectivity index (χ4v) is 1.42. The van der Waals surface area contributed by atoms with Crippen molar-refractivity contribution in [1.82, 2.24) is 0 Å². The fraction of sp³-hybridized carbons (Fsp3) is 0.385. The number of benzene rings is 1. The number of carbonyl (C=O) groups is 1. The van der Waals surface area contributed by atoms with Crippen LogP contribution in [-0.2, 0) is 4.74 Å². The minimum absolute atomic E-state index is 0.108. The summed E-state index contributed by atoms with van der Waals surface area (Å²) in [5, 5.41) is 10.3. The molecule has 1 aromatic rings. The number of ether oxygens (including phenoxy) is 2. The molecule has 1 aromatic carbocycles. The fourth-order valence-electron chi connectivity index (χ4n) is 1.42. The zero-order valence-electron chi connectivity index (χ0n) is 10.8. The van der Waals surface area contributed by atoms with Crippen LogP contribution in [0.2, 0.25) is 0 Å². The minimum atomic E-state index is -0.388. The van der Waals surface area contributed by atoms with Gasteiger partial charge in [-0.3, -0.25) is 0 Å². The number of anilines is 1. The highest BCUT2D eigenvalue weighted by atomic mass is 16.5. The molecule has 5 heteroatoms. The van der Waals surface area contributed by atoms with Crippen LogP contribution in [-0.4, -0.2) is 32.9 Å². The molecule has 0 aliphatic heterocycles. The highest BCUT2D eigenvalue weighted by Crippen LogP contribution is 2.25. The van der Waals surface area contributed by atoms with Crippen LogP contribution >= 0.6 is 0 Å². The predicted octanol–water partition coefficient (Wildman–Crippen LogP) is 2.18. The van der Waals surface area contributed by atoms with E-state index in [9.17, 15) is 4.79 Å². The third kappa shape index (κ3) is 3.48. The number of hydrogen-bond donors (Lipinski definition) is 2. The Labute approximate surface area is 107 Å². The van der Waals surface area contributed by atoms with Gasteiger partial charge >= 0.3 is 5.97 Å². The molecule has 0 spiro atoms. The van der Waals surface area contributed by atoms with E-state index in [4.69, 9.17) is 10.1 Å². The lowest BCUT2D eigenvalue weighted by molar-refractivity contribution is 0.0601. The third-order valence-corrected chi connectivity index (χ3v) is 2.52. The van der Waals surface area contributed by atoms with E-state index in [2.05, 4.69) is 10.1 Å². The van der Waals surface area contributed by atoms with Crippen LogP contribution < -0.4 is 10.1 Å². The van der Waals surface area contributed by atoms with Crippen molar-refractivity contribution in [3.8, 4) is 5.75 Å². The maximum absolute atomic E-state index is 11.4. The third-order valence-electron chi connectivity index (χ3n) is 2.52. The molecule has 1 atom stereocenters. The molecule has 0 aromatic heterocycles. The standard InChI is InChI=1S/C13H18N2O3/c1-9(7-14)8-15-11-6-10(13(16)18-3)4-5-12(11)17-2/h4-7,9,14-15H,8H2,1-3H3. The molecular formula is C13H18N2O3. The summed E-state index contributed by atoms with van der Waals surface area (Å²) in [6.45, 7) is 2.53. The Hall–Kier alpha value is -2.04. The van der Waals surface area contributed by atoms with E-state index in [0.29, 0.717) is 23.5 Å². The Morgan fingerprint density at radius 2 is 2.22 bits per heavy atom. The van der Waals surface area contributed by atoms with Gasteiger partial charge in [0.15, 0.2) is 0 Å². The normalized spacial score (nSPS) is 11.5. The first kappa shape index (κ1) is 14.0. The first-order chi connectivity index (χ1) is 8.62. The van der Waals surface area contributed by atoms with Crippen LogP contribution in [0.25, 0.3) is 0 Å². The summed E-state index contributed by atoms with van der Waals surface area (Å²) in [6, 6.07) is 5.04. The van der Waals surface area contributed by atoms with Crippen molar-refractivity contribution in [1.29, 1.82) is 5.41 Å². The summed E-state index contributed by atoms with van der Waals surface area (Å²) < 4.78 is 9.88. The molecule has 0 radical (unpaired) electrons. The SMILES string of the molecule is COC(=O)c1ccc(OC)c(NCC(C)C=N)c1. The van der Waals surface area contributed by atoms with Gasteiger partial charge in [-0.05, 0) is 24.4 Å². The van der Waals surface area contributed by atoms with Crippen LogP contribution in [0.15, 0.2) is 18.2 Å². The summed E-state index contributed by atoms with van der Waals surface area (Å²) in [7, 11) is 2.91. The molecule has 18 heavy (non-hydrogen) atoms. The molecule has 98 valence electrons. The number of rotatable bonds is 6. The van der Waals surface area contributed by atoms with Gasteiger partial charge in [-0.25, -0.2) is 4.79 Å². The average Bonchev–Trinajstić information content (AvgIpc) is 2.43. The lowest BCUT2D eigenvalue weighted by atomic mass is 10.1. The summed E-state index contributed by atoms with van der Waals surface area (Å²) in [5.41, 5.74) is 1.18. The van der Waals surface area contributed by atoms with Gasteiger partial charge in [-0.15, -0.1) is 0 Å².